The number of alkyl halides is 1. The summed E-state index contributed by atoms with van der Waals surface area (Å²) in [6.07, 6.45) is 18.6. The second-order valence-corrected chi connectivity index (χ2v) is 9.46. The first-order chi connectivity index (χ1) is 13.6. The smallest absolute Gasteiger partial charge is 0.261 e. The van der Waals surface area contributed by atoms with E-state index in [-0.39, 0.29) is 11.5 Å². The second kappa shape index (κ2) is 15.8. The van der Waals surface area contributed by atoms with E-state index in [1.54, 1.807) is 6.08 Å². The minimum Gasteiger partial charge on any atom is -0.363 e. The van der Waals surface area contributed by atoms with Crippen LogP contribution in [0.5, 0.6) is 0 Å². The quantitative estimate of drug-likeness (QED) is 0.0770. The molecule has 28 heavy (non-hydrogen) atoms. The average molecular weight is 499 g/mol. The van der Waals surface area contributed by atoms with Gasteiger partial charge in [0.25, 0.3) is 5.91 Å². The van der Waals surface area contributed by atoms with Crippen molar-refractivity contribution in [3.05, 3.63) is 23.4 Å². The Labute approximate surface area is 186 Å². The Morgan fingerprint density at radius 2 is 1.79 bits per heavy atom. The van der Waals surface area contributed by atoms with Gasteiger partial charge in [0.1, 0.15) is 11.6 Å². The molecule has 0 aromatic rings. The first-order valence-corrected chi connectivity index (χ1v) is 12.3. The van der Waals surface area contributed by atoms with Gasteiger partial charge in [0, 0.05) is 18.8 Å². The molecular formula is C23H38IN3O. The Balaban J connectivity index is 2.20. The summed E-state index contributed by atoms with van der Waals surface area (Å²) in [6.45, 7) is 6.12. The van der Waals surface area contributed by atoms with Gasteiger partial charge in [-0.2, -0.15) is 5.26 Å². The normalized spacial score (nSPS) is 17.0. The number of unbranched alkanes of at least 4 members (excludes halogenated alkanes) is 9. The fraction of sp³-hybridized carbons (Fsp3) is 0.739. The highest BCUT2D eigenvalue weighted by Crippen LogP contribution is 2.26. The summed E-state index contributed by atoms with van der Waals surface area (Å²) < 4.78 is 0.426. The number of amides is 1. The number of likely N-dealkylation sites (tertiary alicyclic amines) is 1. The highest BCUT2D eigenvalue weighted by atomic mass is 127. The number of halogens is 1. The van der Waals surface area contributed by atoms with Crippen molar-refractivity contribution in [2.24, 2.45) is 0 Å². The molecule has 0 radical (unpaired) electrons. The number of allylic oxidation sites excluding steroid dienone is 3. The SMILES string of the molecule is CCCCCCCCCCCCNC(=O)C(C#N)=CC=C1CCCN1C(C)I. The van der Waals surface area contributed by atoms with Gasteiger partial charge in [-0.25, -0.2) is 0 Å². The van der Waals surface area contributed by atoms with Gasteiger partial charge in [0.05, 0.1) is 4.05 Å². The van der Waals surface area contributed by atoms with Crippen molar-refractivity contribution in [3.8, 4) is 6.07 Å². The number of rotatable bonds is 14. The molecule has 1 aliphatic rings. The molecule has 1 unspecified atom stereocenters. The Kier molecular flexibility index (Phi) is 14.1. The van der Waals surface area contributed by atoms with Crippen LogP contribution in [0.25, 0.3) is 0 Å². The van der Waals surface area contributed by atoms with E-state index in [4.69, 9.17) is 0 Å². The maximum Gasteiger partial charge on any atom is 0.261 e. The molecule has 0 spiro atoms. The van der Waals surface area contributed by atoms with E-state index in [2.05, 4.69) is 46.7 Å². The lowest BCUT2D eigenvalue weighted by molar-refractivity contribution is -0.117. The van der Waals surface area contributed by atoms with Crippen LogP contribution in [0.4, 0.5) is 0 Å². The summed E-state index contributed by atoms with van der Waals surface area (Å²) in [5.41, 5.74) is 1.42. The van der Waals surface area contributed by atoms with Crippen LogP contribution in [0.2, 0.25) is 0 Å². The maximum absolute atomic E-state index is 12.2. The number of nitrogens with zero attached hydrogens (tertiary/aromatic N) is 2. The average Bonchev–Trinajstić information content (AvgIpc) is 3.15. The van der Waals surface area contributed by atoms with Crippen molar-refractivity contribution in [2.75, 3.05) is 13.1 Å². The first kappa shape index (κ1) is 25.0. The number of hydrogen-bond acceptors (Lipinski definition) is 3. The van der Waals surface area contributed by atoms with Crippen molar-refractivity contribution in [1.82, 2.24) is 10.2 Å². The summed E-state index contributed by atoms with van der Waals surface area (Å²) in [5.74, 6) is -0.248. The fourth-order valence-corrected chi connectivity index (χ4v) is 4.19. The predicted octanol–water partition coefficient (Wildman–Crippen LogP) is 6.23. The van der Waals surface area contributed by atoms with E-state index in [1.807, 2.05) is 12.1 Å². The molecule has 1 N–H and O–H groups in total. The van der Waals surface area contributed by atoms with Crippen LogP contribution in [-0.4, -0.2) is 27.9 Å². The van der Waals surface area contributed by atoms with E-state index in [9.17, 15) is 10.1 Å². The van der Waals surface area contributed by atoms with Gasteiger partial charge in [-0.05, 0) is 38.3 Å². The monoisotopic (exact) mass is 499 g/mol. The van der Waals surface area contributed by atoms with Crippen LogP contribution < -0.4 is 5.32 Å². The van der Waals surface area contributed by atoms with E-state index in [0.717, 1.165) is 32.2 Å². The van der Waals surface area contributed by atoms with Crippen LogP contribution in [0.1, 0.15) is 90.9 Å². The molecule has 1 fully saturated rings. The largest absolute Gasteiger partial charge is 0.363 e. The fourth-order valence-electron chi connectivity index (χ4n) is 3.56. The topological polar surface area (TPSA) is 56.1 Å². The lowest BCUT2D eigenvalue weighted by Crippen LogP contribution is -2.25. The Hall–Kier alpha value is -1.03. The molecule has 1 amide bonds. The maximum atomic E-state index is 12.2. The molecule has 158 valence electrons. The van der Waals surface area contributed by atoms with E-state index in [1.165, 1.54) is 57.1 Å². The van der Waals surface area contributed by atoms with Crippen LogP contribution in [0, 0.1) is 11.3 Å². The molecule has 0 aromatic heterocycles. The van der Waals surface area contributed by atoms with Crippen molar-refractivity contribution >= 4 is 28.5 Å². The third kappa shape index (κ3) is 10.5. The standard InChI is InChI=1S/C23H38IN3O/c1-3-4-5-6-7-8-9-10-11-12-17-26-23(28)21(19-25)15-16-22-14-13-18-27(22)20(2)24/h15-16,20H,3-14,17-18H2,1-2H3,(H,26,28). The van der Waals surface area contributed by atoms with Crippen LogP contribution in [0.15, 0.2) is 23.4 Å². The Bertz CT molecular complexity index is 549. The summed E-state index contributed by atoms with van der Waals surface area (Å²) in [7, 11) is 0. The van der Waals surface area contributed by atoms with Crippen molar-refractivity contribution in [2.45, 2.75) is 94.9 Å². The second-order valence-electron chi connectivity index (χ2n) is 7.66. The van der Waals surface area contributed by atoms with Gasteiger partial charge in [0.2, 0.25) is 0 Å². The van der Waals surface area contributed by atoms with Gasteiger partial charge >= 0.3 is 0 Å². The number of nitrogens with one attached hydrogen (secondary N) is 1. The molecule has 0 aromatic carbocycles. The minimum absolute atomic E-state index is 0.201. The predicted molar refractivity (Wildman–Crippen MR) is 126 cm³/mol. The lowest BCUT2D eigenvalue weighted by Gasteiger charge is -2.22. The van der Waals surface area contributed by atoms with Gasteiger partial charge in [-0.15, -0.1) is 0 Å². The zero-order valence-corrected chi connectivity index (χ0v) is 20.0. The van der Waals surface area contributed by atoms with Crippen molar-refractivity contribution < 1.29 is 4.79 Å². The molecule has 0 saturated carbocycles. The molecule has 1 aliphatic heterocycles. The third-order valence-corrected chi connectivity index (χ3v) is 5.93. The molecule has 0 bridgehead atoms. The number of carbonyl (C=O) groups excluding carboxylic acids is 1. The van der Waals surface area contributed by atoms with Crippen molar-refractivity contribution in [3.63, 3.8) is 0 Å². The highest BCUT2D eigenvalue weighted by Gasteiger charge is 2.19. The first-order valence-electron chi connectivity index (χ1n) is 11.1. The van der Waals surface area contributed by atoms with Crippen LogP contribution in [-0.2, 0) is 4.79 Å². The van der Waals surface area contributed by atoms with E-state index in [0.29, 0.717) is 10.6 Å². The van der Waals surface area contributed by atoms with Crippen molar-refractivity contribution in [1.29, 1.82) is 5.26 Å². The van der Waals surface area contributed by atoms with Crippen LogP contribution >= 0.6 is 22.6 Å². The summed E-state index contributed by atoms with van der Waals surface area (Å²) in [5, 5.41) is 12.2. The molecule has 1 saturated heterocycles. The molecular weight excluding hydrogens is 461 g/mol. The van der Waals surface area contributed by atoms with Gasteiger partial charge in [0.15, 0.2) is 0 Å². The van der Waals surface area contributed by atoms with Crippen LogP contribution in [0.3, 0.4) is 0 Å². The zero-order chi connectivity index (χ0) is 20.6. The van der Waals surface area contributed by atoms with Gasteiger partial charge in [-0.3, -0.25) is 4.79 Å². The molecule has 0 aliphatic carbocycles. The Morgan fingerprint density at radius 1 is 1.18 bits per heavy atom. The van der Waals surface area contributed by atoms with E-state index < -0.39 is 0 Å². The molecule has 1 atom stereocenters. The zero-order valence-electron chi connectivity index (χ0n) is 17.8. The minimum atomic E-state index is -0.248. The summed E-state index contributed by atoms with van der Waals surface area (Å²) in [4.78, 5) is 14.5. The lowest BCUT2D eigenvalue weighted by atomic mass is 10.1. The summed E-state index contributed by atoms with van der Waals surface area (Å²) in [6, 6.07) is 2.04. The molecule has 4 nitrogen and oxygen atoms in total. The molecule has 1 heterocycles. The molecule has 5 heteroatoms. The van der Waals surface area contributed by atoms with Gasteiger partial charge in [-0.1, -0.05) is 87.3 Å². The third-order valence-electron chi connectivity index (χ3n) is 5.25. The number of nitriles is 1. The summed E-state index contributed by atoms with van der Waals surface area (Å²) >= 11 is 2.40. The highest BCUT2D eigenvalue weighted by molar-refractivity contribution is 14.1. The number of carbonyl (C=O) groups is 1. The Morgan fingerprint density at radius 3 is 2.36 bits per heavy atom. The van der Waals surface area contributed by atoms with Gasteiger partial charge < -0.3 is 10.2 Å². The van der Waals surface area contributed by atoms with E-state index >= 15 is 0 Å². The molecule has 1 rings (SSSR count). The number of hydrogen-bond donors (Lipinski definition) is 1.